The minimum Gasteiger partial charge on any atom is -0.481 e. The number of esters is 2. The first-order valence-electron chi connectivity index (χ1n) is 10.5. The van der Waals surface area contributed by atoms with Crippen molar-refractivity contribution in [3.05, 3.63) is 0 Å². The highest BCUT2D eigenvalue weighted by atomic mass is 16.7. The van der Waals surface area contributed by atoms with Crippen molar-refractivity contribution in [3.8, 4) is 0 Å². The van der Waals surface area contributed by atoms with Crippen LogP contribution in [0.2, 0.25) is 0 Å². The summed E-state index contributed by atoms with van der Waals surface area (Å²) < 4.78 is 14.9. The van der Waals surface area contributed by atoms with Crippen LogP contribution in [0.25, 0.3) is 0 Å². The molecule has 3 unspecified atom stereocenters. The van der Waals surface area contributed by atoms with Crippen molar-refractivity contribution in [1.82, 2.24) is 4.90 Å². The SMILES string of the molecule is CC(COC(=O)O)CC(C(C)C(=O)O)N1C(=O)[C@@H](OC(=O)C(C)C)[C@H](OC(=O)C(C)C)C1=O. The highest BCUT2D eigenvalue weighted by Gasteiger charge is 2.56. The van der Waals surface area contributed by atoms with Gasteiger partial charge in [0.15, 0.2) is 0 Å². The van der Waals surface area contributed by atoms with Crippen LogP contribution in [0.4, 0.5) is 4.79 Å². The van der Waals surface area contributed by atoms with Gasteiger partial charge in [0, 0.05) is 0 Å². The van der Waals surface area contributed by atoms with Crippen molar-refractivity contribution in [2.24, 2.45) is 23.7 Å². The van der Waals surface area contributed by atoms with Gasteiger partial charge in [-0.1, -0.05) is 34.6 Å². The molecule has 1 aliphatic heterocycles. The van der Waals surface area contributed by atoms with Crippen molar-refractivity contribution >= 4 is 35.9 Å². The number of likely N-dealkylation sites (tertiary alicyclic amines) is 1. The van der Waals surface area contributed by atoms with Crippen LogP contribution < -0.4 is 0 Å². The topological polar surface area (TPSA) is 174 Å². The van der Waals surface area contributed by atoms with Gasteiger partial charge in [0.1, 0.15) is 0 Å². The first kappa shape index (κ1) is 27.9. The summed E-state index contributed by atoms with van der Waals surface area (Å²) in [5, 5.41) is 18.2. The summed E-state index contributed by atoms with van der Waals surface area (Å²) in [4.78, 5) is 73.7. The van der Waals surface area contributed by atoms with Crippen molar-refractivity contribution in [1.29, 1.82) is 0 Å². The Labute approximate surface area is 191 Å². The first-order valence-corrected chi connectivity index (χ1v) is 10.5. The zero-order chi connectivity index (χ0) is 25.6. The second-order valence-electron chi connectivity index (χ2n) is 8.68. The quantitative estimate of drug-likeness (QED) is 0.251. The van der Waals surface area contributed by atoms with Gasteiger partial charge in [-0.2, -0.15) is 0 Å². The predicted molar refractivity (Wildman–Crippen MR) is 110 cm³/mol. The molecule has 0 bridgehead atoms. The Kier molecular flexibility index (Phi) is 9.80. The Hall–Kier alpha value is -3.18. The predicted octanol–water partition coefficient (Wildman–Crippen LogP) is 1.30. The van der Waals surface area contributed by atoms with Gasteiger partial charge in [-0.25, -0.2) is 4.79 Å². The number of hydrogen-bond acceptors (Lipinski definition) is 9. The number of amides is 2. The lowest BCUT2D eigenvalue weighted by atomic mass is 9.91. The van der Waals surface area contributed by atoms with Crippen LogP contribution >= 0.6 is 0 Å². The summed E-state index contributed by atoms with van der Waals surface area (Å²) in [6.07, 6.45) is -5.17. The third-order valence-corrected chi connectivity index (χ3v) is 5.10. The maximum Gasteiger partial charge on any atom is 0.505 e. The van der Waals surface area contributed by atoms with Crippen LogP contribution in [-0.2, 0) is 38.2 Å². The average Bonchev–Trinajstić information content (AvgIpc) is 2.93. The van der Waals surface area contributed by atoms with Crippen molar-refractivity contribution in [2.45, 2.75) is 66.2 Å². The summed E-state index contributed by atoms with van der Waals surface area (Å²) in [6.45, 7) is 8.58. The van der Waals surface area contributed by atoms with Crippen LogP contribution in [-0.4, -0.2) is 75.8 Å². The molecule has 1 heterocycles. The zero-order valence-electron chi connectivity index (χ0n) is 19.5. The maximum absolute atomic E-state index is 13.2. The first-order chi connectivity index (χ1) is 15.2. The molecule has 1 fully saturated rings. The minimum absolute atomic E-state index is 0.117. The van der Waals surface area contributed by atoms with E-state index in [4.69, 9.17) is 14.6 Å². The molecule has 0 saturated carbocycles. The molecule has 0 aliphatic carbocycles. The molecule has 1 aliphatic rings. The largest absolute Gasteiger partial charge is 0.505 e. The molecule has 0 aromatic heterocycles. The molecule has 12 heteroatoms. The molecule has 2 amide bonds. The van der Waals surface area contributed by atoms with Crippen LogP contribution in [0.3, 0.4) is 0 Å². The highest BCUT2D eigenvalue weighted by molar-refractivity contribution is 6.10. The molecule has 1 rings (SSSR count). The smallest absolute Gasteiger partial charge is 0.481 e. The number of carboxylic acid groups (broad SMARTS) is 2. The molecular formula is C21H31NO11. The summed E-state index contributed by atoms with van der Waals surface area (Å²) in [6, 6.07) is -1.24. The average molecular weight is 473 g/mol. The van der Waals surface area contributed by atoms with Gasteiger partial charge in [0.2, 0.25) is 12.2 Å². The van der Waals surface area contributed by atoms with E-state index in [1.54, 1.807) is 6.92 Å². The van der Waals surface area contributed by atoms with Gasteiger partial charge >= 0.3 is 24.1 Å². The van der Waals surface area contributed by atoms with E-state index in [0.717, 1.165) is 0 Å². The van der Waals surface area contributed by atoms with Crippen molar-refractivity contribution < 1.29 is 53.2 Å². The third kappa shape index (κ3) is 7.16. The van der Waals surface area contributed by atoms with E-state index in [1.165, 1.54) is 34.6 Å². The lowest BCUT2D eigenvalue weighted by Gasteiger charge is -2.31. The molecule has 33 heavy (non-hydrogen) atoms. The van der Waals surface area contributed by atoms with Crippen LogP contribution in [0.5, 0.6) is 0 Å². The molecule has 12 nitrogen and oxygen atoms in total. The van der Waals surface area contributed by atoms with Crippen LogP contribution in [0.15, 0.2) is 0 Å². The third-order valence-electron chi connectivity index (χ3n) is 5.10. The molecule has 186 valence electrons. The second-order valence-corrected chi connectivity index (χ2v) is 8.68. The van der Waals surface area contributed by atoms with E-state index in [1.807, 2.05) is 0 Å². The number of nitrogens with zero attached hydrogens (tertiary/aromatic N) is 1. The van der Waals surface area contributed by atoms with E-state index in [9.17, 15) is 33.9 Å². The van der Waals surface area contributed by atoms with E-state index >= 15 is 0 Å². The Bertz CT molecular complexity index is 751. The Balaban J connectivity index is 3.34. The molecule has 0 aromatic rings. The van der Waals surface area contributed by atoms with Crippen LogP contribution in [0.1, 0.15) is 48.0 Å². The molecule has 2 N–H and O–H groups in total. The zero-order valence-corrected chi connectivity index (χ0v) is 19.5. The summed E-state index contributed by atoms with van der Waals surface area (Å²) in [7, 11) is 0. The van der Waals surface area contributed by atoms with Gasteiger partial charge in [0.05, 0.1) is 30.4 Å². The fourth-order valence-electron chi connectivity index (χ4n) is 3.11. The summed E-state index contributed by atoms with van der Waals surface area (Å²) in [5.41, 5.74) is 0. The lowest BCUT2D eigenvalue weighted by molar-refractivity contribution is -0.173. The Morgan fingerprint density at radius 2 is 1.27 bits per heavy atom. The van der Waals surface area contributed by atoms with Gasteiger partial charge in [-0.05, 0) is 19.3 Å². The number of ether oxygens (including phenoxy) is 3. The van der Waals surface area contributed by atoms with Crippen molar-refractivity contribution in [3.63, 3.8) is 0 Å². The number of aliphatic carboxylic acids is 1. The number of imide groups is 1. The number of carbonyl (C=O) groups is 6. The monoisotopic (exact) mass is 473 g/mol. The van der Waals surface area contributed by atoms with E-state index in [0.29, 0.717) is 4.90 Å². The summed E-state index contributed by atoms with van der Waals surface area (Å²) >= 11 is 0. The van der Waals surface area contributed by atoms with Gasteiger partial charge in [-0.15, -0.1) is 0 Å². The van der Waals surface area contributed by atoms with E-state index in [-0.39, 0.29) is 13.0 Å². The normalized spacial score (nSPS) is 21.0. The molecule has 0 aromatic carbocycles. The van der Waals surface area contributed by atoms with Gasteiger partial charge < -0.3 is 24.4 Å². The standard InChI is InChI=1S/C21H31NO11/c1-9(2)19(27)32-14-15(33-20(28)10(3)4)17(24)22(16(14)23)13(12(6)18(25)26)7-11(5)8-31-21(29)30/h9-15H,7-8H2,1-6H3,(H,25,26)(H,29,30)/t11?,12?,13?,14-,15-/m0/s1. The molecule has 0 radical (unpaired) electrons. The Morgan fingerprint density at radius 1 is 0.848 bits per heavy atom. The fraction of sp³-hybridized carbons (Fsp3) is 0.714. The second kappa shape index (κ2) is 11.6. The molecule has 0 spiro atoms. The Morgan fingerprint density at radius 3 is 1.61 bits per heavy atom. The van der Waals surface area contributed by atoms with Gasteiger partial charge in [-0.3, -0.25) is 28.9 Å². The highest BCUT2D eigenvalue weighted by Crippen LogP contribution is 2.30. The number of carbonyl (C=O) groups excluding carboxylic acids is 4. The van der Waals surface area contributed by atoms with E-state index in [2.05, 4.69) is 4.74 Å². The van der Waals surface area contributed by atoms with Crippen LogP contribution in [0, 0.1) is 23.7 Å². The maximum atomic E-state index is 13.2. The lowest BCUT2D eigenvalue weighted by Crippen LogP contribution is -2.48. The molecular weight excluding hydrogens is 442 g/mol. The number of rotatable bonds is 11. The van der Waals surface area contributed by atoms with Gasteiger partial charge in [0.25, 0.3) is 11.8 Å². The number of carboxylic acids is 1. The minimum atomic E-state index is -1.76. The molecule has 1 saturated heterocycles. The number of hydrogen-bond donors (Lipinski definition) is 2. The fourth-order valence-corrected chi connectivity index (χ4v) is 3.11. The van der Waals surface area contributed by atoms with Crippen molar-refractivity contribution in [2.75, 3.05) is 6.61 Å². The summed E-state index contributed by atoms with van der Waals surface area (Å²) in [5.74, 6) is -8.08. The molecule has 5 atom stereocenters. The van der Waals surface area contributed by atoms with E-state index < -0.39 is 77.8 Å².